The fraction of sp³-hybridized carbons (Fsp3) is 0.600. The van der Waals surface area contributed by atoms with Crippen LogP contribution < -0.4 is 5.32 Å². The van der Waals surface area contributed by atoms with Crippen LogP contribution >= 0.6 is 0 Å². The summed E-state index contributed by atoms with van der Waals surface area (Å²) in [5.41, 5.74) is 2.44. The molecule has 18 heavy (non-hydrogen) atoms. The van der Waals surface area contributed by atoms with Crippen molar-refractivity contribution in [3.63, 3.8) is 0 Å². The lowest BCUT2D eigenvalue weighted by Gasteiger charge is -2.35. The average Bonchev–Trinajstić information content (AvgIpc) is 2.78. The molecule has 98 valence electrons. The molecule has 3 rings (SSSR count). The number of nitrogens with one attached hydrogen (secondary N) is 1. The summed E-state index contributed by atoms with van der Waals surface area (Å²) in [6, 6.07) is 6.29. The SMILES string of the molecule is OCCCc1ccc2c(c1)NCC1(F)CCCC21. The first kappa shape index (κ1) is 12.0. The summed E-state index contributed by atoms with van der Waals surface area (Å²) in [7, 11) is 0. The van der Waals surface area contributed by atoms with Gasteiger partial charge in [-0.3, -0.25) is 0 Å². The van der Waals surface area contributed by atoms with E-state index < -0.39 is 5.67 Å². The minimum Gasteiger partial charge on any atom is -0.396 e. The van der Waals surface area contributed by atoms with E-state index in [9.17, 15) is 4.39 Å². The zero-order valence-corrected chi connectivity index (χ0v) is 10.6. The van der Waals surface area contributed by atoms with Crippen LogP contribution in [0.4, 0.5) is 10.1 Å². The molecule has 2 N–H and O–H groups in total. The average molecular weight is 249 g/mol. The van der Waals surface area contributed by atoms with Crippen molar-refractivity contribution in [1.82, 2.24) is 0 Å². The Morgan fingerprint density at radius 3 is 3.17 bits per heavy atom. The van der Waals surface area contributed by atoms with Crippen molar-refractivity contribution in [1.29, 1.82) is 0 Å². The van der Waals surface area contributed by atoms with Gasteiger partial charge >= 0.3 is 0 Å². The molecule has 0 saturated heterocycles. The van der Waals surface area contributed by atoms with Gasteiger partial charge in [0.15, 0.2) is 0 Å². The van der Waals surface area contributed by atoms with Crippen molar-refractivity contribution in [3.8, 4) is 0 Å². The number of aliphatic hydroxyl groups excluding tert-OH is 1. The summed E-state index contributed by atoms with van der Waals surface area (Å²) >= 11 is 0. The predicted octanol–water partition coefficient (Wildman–Crippen LogP) is 3.01. The molecule has 2 nitrogen and oxygen atoms in total. The standard InChI is InChI=1S/C15H20FNO/c16-15-7-1-4-13(15)12-6-5-11(3-2-8-18)9-14(12)17-10-15/h5-6,9,13,17-18H,1-4,7-8,10H2. The molecule has 1 heterocycles. The second kappa shape index (κ2) is 4.54. The quantitative estimate of drug-likeness (QED) is 0.863. The second-order valence-corrected chi connectivity index (χ2v) is 5.58. The number of fused-ring (bicyclic) bond motifs is 3. The Labute approximate surface area is 107 Å². The number of alkyl halides is 1. The highest BCUT2D eigenvalue weighted by molar-refractivity contribution is 5.59. The highest BCUT2D eigenvalue weighted by atomic mass is 19.1. The van der Waals surface area contributed by atoms with Crippen LogP contribution in [0.1, 0.15) is 42.7 Å². The Kier molecular flexibility index (Phi) is 3.02. The van der Waals surface area contributed by atoms with Crippen LogP contribution in [-0.2, 0) is 6.42 Å². The van der Waals surface area contributed by atoms with Crippen LogP contribution in [0.5, 0.6) is 0 Å². The van der Waals surface area contributed by atoms with E-state index in [-0.39, 0.29) is 12.5 Å². The van der Waals surface area contributed by atoms with Crippen molar-refractivity contribution in [2.24, 2.45) is 0 Å². The molecule has 2 unspecified atom stereocenters. The van der Waals surface area contributed by atoms with Crippen molar-refractivity contribution >= 4 is 5.69 Å². The maximum absolute atomic E-state index is 14.6. The fourth-order valence-electron chi connectivity index (χ4n) is 3.42. The summed E-state index contributed by atoms with van der Waals surface area (Å²) in [5.74, 6) is 0.0839. The van der Waals surface area contributed by atoms with Crippen molar-refractivity contribution in [2.45, 2.75) is 43.7 Å². The van der Waals surface area contributed by atoms with Gasteiger partial charge in [0.2, 0.25) is 0 Å². The summed E-state index contributed by atoms with van der Waals surface area (Å²) in [4.78, 5) is 0. The fourth-order valence-corrected chi connectivity index (χ4v) is 3.42. The van der Waals surface area contributed by atoms with E-state index >= 15 is 0 Å². The van der Waals surface area contributed by atoms with Crippen LogP contribution in [0.15, 0.2) is 18.2 Å². The van der Waals surface area contributed by atoms with Gasteiger partial charge < -0.3 is 10.4 Å². The van der Waals surface area contributed by atoms with Gasteiger partial charge in [-0.05, 0) is 49.3 Å². The van der Waals surface area contributed by atoms with Gasteiger partial charge in [-0.25, -0.2) is 4.39 Å². The zero-order chi connectivity index (χ0) is 12.6. The van der Waals surface area contributed by atoms with Crippen LogP contribution in [0.2, 0.25) is 0 Å². The van der Waals surface area contributed by atoms with Gasteiger partial charge in [0, 0.05) is 24.8 Å². The smallest absolute Gasteiger partial charge is 0.135 e. The van der Waals surface area contributed by atoms with E-state index in [1.165, 1.54) is 5.56 Å². The number of anilines is 1. The molecule has 3 heteroatoms. The highest BCUT2D eigenvalue weighted by Gasteiger charge is 2.47. The van der Waals surface area contributed by atoms with Gasteiger partial charge in [-0.2, -0.15) is 0 Å². The summed E-state index contributed by atoms with van der Waals surface area (Å²) in [5, 5.41) is 12.1. The predicted molar refractivity (Wildman–Crippen MR) is 70.8 cm³/mol. The molecule has 1 aliphatic heterocycles. The maximum Gasteiger partial charge on any atom is 0.135 e. The van der Waals surface area contributed by atoms with Crippen molar-refractivity contribution in [3.05, 3.63) is 29.3 Å². The molecule has 1 fully saturated rings. The lowest BCUT2D eigenvalue weighted by molar-refractivity contribution is 0.159. The molecule has 0 spiro atoms. The minimum atomic E-state index is -1.03. The number of rotatable bonds is 3. The zero-order valence-electron chi connectivity index (χ0n) is 10.6. The van der Waals surface area contributed by atoms with E-state index in [0.29, 0.717) is 13.0 Å². The Bertz CT molecular complexity index is 448. The van der Waals surface area contributed by atoms with Crippen LogP contribution in [0.25, 0.3) is 0 Å². The Balaban J connectivity index is 1.88. The lowest BCUT2D eigenvalue weighted by Crippen LogP contribution is -2.39. The van der Waals surface area contributed by atoms with Gasteiger partial charge in [-0.15, -0.1) is 0 Å². The van der Waals surface area contributed by atoms with Gasteiger partial charge in [0.1, 0.15) is 5.67 Å². The number of halogens is 1. The molecule has 1 saturated carbocycles. The third kappa shape index (κ3) is 1.91. The van der Waals surface area contributed by atoms with Crippen LogP contribution in [-0.4, -0.2) is 23.9 Å². The largest absolute Gasteiger partial charge is 0.396 e. The molecule has 0 amide bonds. The van der Waals surface area contributed by atoms with Crippen molar-refractivity contribution in [2.75, 3.05) is 18.5 Å². The number of aliphatic hydroxyl groups is 1. The van der Waals surface area contributed by atoms with Crippen LogP contribution in [0.3, 0.4) is 0 Å². The highest BCUT2D eigenvalue weighted by Crippen LogP contribution is 2.50. The molecule has 1 aromatic carbocycles. The molecule has 0 bridgehead atoms. The van der Waals surface area contributed by atoms with E-state index in [2.05, 4.69) is 23.5 Å². The number of aryl methyl sites for hydroxylation is 1. The third-order valence-electron chi connectivity index (χ3n) is 4.40. The summed E-state index contributed by atoms with van der Waals surface area (Å²) < 4.78 is 14.6. The monoisotopic (exact) mass is 249 g/mol. The first-order valence-corrected chi connectivity index (χ1v) is 6.89. The summed E-state index contributed by atoms with van der Waals surface area (Å²) in [6.07, 6.45) is 4.33. The first-order chi connectivity index (χ1) is 8.73. The van der Waals surface area contributed by atoms with E-state index in [1.54, 1.807) is 0 Å². The number of hydrogen-bond donors (Lipinski definition) is 2. The number of hydrogen-bond acceptors (Lipinski definition) is 2. The molecule has 1 aliphatic carbocycles. The molecular formula is C15H20FNO. The topological polar surface area (TPSA) is 32.3 Å². The third-order valence-corrected chi connectivity index (χ3v) is 4.40. The van der Waals surface area contributed by atoms with E-state index in [4.69, 9.17) is 5.11 Å². The van der Waals surface area contributed by atoms with Gasteiger partial charge in [0.05, 0.1) is 0 Å². The van der Waals surface area contributed by atoms with E-state index in [1.807, 2.05) is 0 Å². The summed E-state index contributed by atoms with van der Waals surface area (Å²) in [6.45, 7) is 0.675. The Morgan fingerprint density at radius 2 is 2.33 bits per heavy atom. The normalized spacial score (nSPS) is 29.6. The molecule has 2 aliphatic rings. The molecule has 0 radical (unpaired) electrons. The lowest BCUT2D eigenvalue weighted by atomic mass is 9.82. The molecular weight excluding hydrogens is 229 g/mol. The van der Waals surface area contributed by atoms with Gasteiger partial charge in [0.25, 0.3) is 0 Å². The molecule has 0 aromatic heterocycles. The van der Waals surface area contributed by atoms with Gasteiger partial charge in [-0.1, -0.05) is 12.1 Å². The maximum atomic E-state index is 14.6. The Morgan fingerprint density at radius 1 is 1.44 bits per heavy atom. The minimum absolute atomic E-state index is 0.0839. The van der Waals surface area contributed by atoms with Crippen LogP contribution in [0, 0.1) is 0 Å². The number of benzene rings is 1. The van der Waals surface area contributed by atoms with Crippen molar-refractivity contribution < 1.29 is 9.50 Å². The van der Waals surface area contributed by atoms with E-state index in [0.717, 1.165) is 36.9 Å². The molecule has 2 atom stereocenters. The molecule has 1 aromatic rings. The first-order valence-electron chi connectivity index (χ1n) is 6.89. The Hall–Kier alpha value is -1.09. The second-order valence-electron chi connectivity index (χ2n) is 5.58.